The highest BCUT2D eigenvalue weighted by atomic mass is 35.5. The van der Waals surface area contributed by atoms with Gasteiger partial charge in [0.1, 0.15) is 0 Å². The lowest BCUT2D eigenvalue weighted by Gasteiger charge is -2.26. The Labute approximate surface area is 167 Å². The summed E-state index contributed by atoms with van der Waals surface area (Å²) >= 11 is 12.0. The Morgan fingerprint density at radius 1 is 1.04 bits per heavy atom. The van der Waals surface area contributed by atoms with Crippen molar-refractivity contribution in [3.8, 4) is 0 Å². The third-order valence-corrected chi connectivity index (χ3v) is 6.34. The zero-order valence-electron chi connectivity index (χ0n) is 14.1. The van der Waals surface area contributed by atoms with Gasteiger partial charge >= 0.3 is 6.03 Å². The number of benzene rings is 2. The Hall–Kier alpha value is -1.84. The summed E-state index contributed by atoms with van der Waals surface area (Å²) in [4.78, 5) is 12.3. The lowest BCUT2D eigenvalue weighted by molar-refractivity contribution is 0.0730. The molecule has 1 heterocycles. The minimum atomic E-state index is -3.70. The number of rotatable bonds is 4. The minimum Gasteiger partial charge on any atom is -0.379 e. The third kappa shape index (κ3) is 4.91. The molecule has 144 valence electrons. The smallest absolute Gasteiger partial charge is 0.323 e. The second-order valence-corrected chi connectivity index (χ2v) is 8.53. The molecule has 1 fully saturated rings. The quantitative estimate of drug-likeness (QED) is 0.775. The first kappa shape index (κ1) is 19.9. The molecule has 0 spiro atoms. The molecule has 2 N–H and O–H groups in total. The van der Waals surface area contributed by atoms with Crippen molar-refractivity contribution in [1.29, 1.82) is 0 Å². The van der Waals surface area contributed by atoms with E-state index in [4.69, 9.17) is 27.9 Å². The fourth-order valence-electron chi connectivity index (χ4n) is 2.55. The van der Waals surface area contributed by atoms with Crippen LogP contribution in [-0.2, 0) is 14.8 Å². The fraction of sp³-hybridized carbons (Fsp3) is 0.235. The molecule has 2 aromatic rings. The molecule has 0 radical (unpaired) electrons. The summed E-state index contributed by atoms with van der Waals surface area (Å²) in [5.74, 6) is 0. The summed E-state index contributed by atoms with van der Waals surface area (Å²) in [5.41, 5.74) is 0.679. The average molecular weight is 430 g/mol. The minimum absolute atomic E-state index is 0.0480. The molecule has 2 amide bonds. The van der Waals surface area contributed by atoms with Crippen molar-refractivity contribution in [3.63, 3.8) is 0 Å². The number of anilines is 2. The van der Waals surface area contributed by atoms with Crippen molar-refractivity contribution in [2.75, 3.05) is 36.9 Å². The molecule has 1 saturated heterocycles. The van der Waals surface area contributed by atoms with Gasteiger partial charge in [0.05, 0.1) is 28.8 Å². The topological polar surface area (TPSA) is 87.7 Å². The third-order valence-electron chi connectivity index (χ3n) is 3.88. The van der Waals surface area contributed by atoms with Crippen LogP contribution in [0.3, 0.4) is 0 Å². The Balaban J connectivity index is 1.78. The van der Waals surface area contributed by atoms with Crippen LogP contribution in [0.5, 0.6) is 0 Å². The normalized spacial score (nSPS) is 15.3. The predicted octanol–water partition coefficient (Wildman–Crippen LogP) is 3.66. The SMILES string of the molecule is O=C(Nc1cccc(Cl)c1)Nc1cc(S(=O)(=O)N2CCOCC2)ccc1Cl. The van der Waals surface area contributed by atoms with E-state index in [2.05, 4.69) is 10.6 Å². The number of carbonyl (C=O) groups is 1. The van der Waals surface area contributed by atoms with Gasteiger partial charge in [0, 0.05) is 23.8 Å². The van der Waals surface area contributed by atoms with Gasteiger partial charge in [0.2, 0.25) is 10.0 Å². The summed E-state index contributed by atoms with van der Waals surface area (Å²) in [6.45, 7) is 1.26. The molecule has 1 aliphatic rings. The van der Waals surface area contributed by atoms with Crippen LogP contribution in [0.15, 0.2) is 47.4 Å². The number of ether oxygens (including phenoxy) is 1. The highest BCUT2D eigenvalue weighted by molar-refractivity contribution is 7.89. The number of amides is 2. The van der Waals surface area contributed by atoms with E-state index in [1.54, 1.807) is 24.3 Å². The first-order valence-corrected chi connectivity index (χ1v) is 10.3. The van der Waals surface area contributed by atoms with E-state index in [0.29, 0.717) is 23.9 Å². The standard InChI is InChI=1S/C17H17Cl2N3O4S/c18-12-2-1-3-13(10-12)20-17(23)21-16-11-14(4-5-15(16)19)27(24,25)22-6-8-26-9-7-22/h1-5,10-11H,6-9H2,(H2,20,21,23). The number of sulfonamides is 1. The molecule has 0 atom stereocenters. The van der Waals surface area contributed by atoms with Crippen molar-refractivity contribution in [3.05, 3.63) is 52.5 Å². The van der Waals surface area contributed by atoms with Crippen LogP contribution in [0, 0.1) is 0 Å². The maximum absolute atomic E-state index is 12.7. The Morgan fingerprint density at radius 2 is 1.78 bits per heavy atom. The molecular formula is C17H17Cl2N3O4S. The first-order chi connectivity index (χ1) is 12.9. The van der Waals surface area contributed by atoms with Crippen LogP contribution in [0.25, 0.3) is 0 Å². The summed E-state index contributed by atoms with van der Waals surface area (Å²) in [5, 5.41) is 5.87. The van der Waals surface area contributed by atoms with E-state index in [9.17, 15) is 13.2 Å². The largest absolute Gasteiger partial charge is 0.379 e. The second-order valence-electron chi connectivity index (χ2n) is 5.75. The molecule has 2 aromatic carbocycles. The van der Waals surface area contributed by atoms with Crippen LogP contribution in [-0.4, -0.2) is 45.1 Å². The maximum Gasteiger partial charge on any atom is 0.323 e. The van der Waals surface area contributed by atoms with Crippen molar-refractivity contribution < 1.29 is 17.9 Å². The van der Waals surface area contributed by atoms with Crippen LogP contribution >= 0.6 is 23.2 Å². The molecule has 0 aromatic heterocycles. The van der Waals surface area contributed by atoms with Gasteiger partial charge in [-0.2, -0.15) is 4.31 Å². The number of halogens is 2. The van der Waals surface area contributed by atoms with Gasteiger partial charge in [-0.05, 0) is 36.4 Å². The Kier molecular flexibility index (Phi) is 6.23. The molecule has 10 heteroatoms. The number of morpholine rings is 1. The molecule has 0 unspecified atom stereocenters. The number of nitrogens with one attached hydrogen (secondary N) is 2. The van der Waals surface area contributed by atoms with Gasteiger partial charge in [0.25, 0.3) is 0 Å². The molecule has 0 aliphatic carbocycles. The van der Waals surface area contributed by atoms with Gasteiger partial charge in [-0.1, -0.05) is 29.3 Å². The van der Waals surface area contributed by atoms with Crippen LogP contribution in [0.4, 0.5) is 16.2 Å². The highest BCUT2D eigenvalue weighted by Crippen LogP contribution is 2.27. The zero-order chi connectivity index (χ0) is 19.4. The number of nitrogens with zero attached hydrogens (tertiary/aromatic N) is 1. The number of hydrogen-bond donors (Lipinski definition) is 2. The van der Waals surface area contributed by atoms with E-state index in [-0.39, 0.29) is 28.7 Å². The Bertz CT molecular complexity index is 947. The molecule has 1 aliphatic heterocycles. The lowest BCUT2D eigenvalue weighted by Crippen LogP contribution is -2.40. The summed E-state index contributed by atoms with van der Waals surface area (Å²) < 4.78 is 32.0. The molecule has 0 bridgehead atoms. The van der Waals surface area contributed by atoms with E-state index in [0.717, 1.165) is 0 Å². The molecule has 3 rings (SSSR count). The summed E-state index contributed by atoms with van der Waals surface area (Å²) in [6.07, 6.45) is 0. The van der Waals surface area contributed by atoms with Crippen molar-refractivity contribution in [2.24, 2.45) is 0 Å². The van der Waals surface area contributed by atoms with Crippen molar-refractivity contribution in [1.82, 2.24) is 4.31 Å². The zero-order valence-corrected chi connectivity index (χ0v) is 16.4. The van der Waals surface area contributed by atoms with Crippen LogP contribution in [0.1, 0.15) is 0 Å². The van der Waals surface area contributed by atoms with Gasteiger partial charge < -0.3 is 15.4 Å². The number of urea groups is 1. The van der Waals surface area contributed by atoms with Gasteiger partial charge in [-0.25, -0.2) is 13.2 Å². The van der Waals surface area contributed by atoms with Crippen LogP contribution < -0.4 is 10.6 Å². The van der Waals surface area contributed by atoms with Crippen molar-refractivity contribution in [2.45, 2.75) is 4.90 Å². The monoisotopic (exact) mass is 429 g/mol. The van der Waals surface area contributed by atoms with Gasteiger partial charge in [-0.3, -0.25) is 0 Å². The molecule has 0 saturated carbocycles. The summed E-state index contributed by atoms with van der Waals surface area (Å²) in [6, 6.07) is 10.2. The average Bonchev–Trinajstić information content (AvgIpc) is 2.64. The van der Waals surface area contributed by atoms with Gasteiger partial charge in [-0.15, -0.1) is 0 Å². The van der Waals surface area contributed by atoms with Gasteiger partial charge in [0.15, 0.2) is 0 Å². The Morgan fingerprint density at radius 3 is 2.48 bits per heavy atom. The van der Waals surface area contributed by atoms with E-state index in [1.807, 2.05) is 0 Å². The fourth-order valence-corrected chi connectivity index (χ4v) is 4.34. The number of carbonyl (C=O) groups excluding carboxylic acids is 1. The predicted molar refractivity (Wildman–Crippen MR) is 105 cm³/mol. The van der Waals surface area contributed by atoms with E-state index < -0.39 is 16.1 Å². The summed E-state index contributed by atoms with van der Waals surface area (Å²) in [7, 11) is -3.70. The van der Waals surface area contributed by atoms with Crippen molar-refractivity contribution >= 4 is 50.6 Å². The first-order valence-electron chi connectivity index (χ1n) is 8.07. The molecular weight excluding hydrogens is 413 g/mol. The highest BCUT2D eigenvalue weighted by Gasteiger charge is 2.27. The molecule has 7 nitrogen and oxygen atoms in total. The van der Waals surface area contributed by atoms with Crippen LogP contribution in [0.2, 0.25) is 10.0 Å². The van der Waals surface area contributed by atoms with E-state index >= 15 is 0 Å². The lowest BCUT2D eigenvalue weighted by atomic mass is 10.3. The molecule has 27 heavy (non-hydrogen) atoms. The van der Waals surface area contributed by atoms with E-state index in [1.165, 1.54) is 22.5 Å². The number of hydrogen-bond acceptors (Lipinski definition) is 4. The second kappa shape index (κ2) is 8.45. The maximum atomic E-state index is 12.7.